The molecular formula is C72H140N3O19P. The number of unbranched alkanes of at least 4 members (excludes halogenated alkanes) is 32. The highest BCUT2D eigenvalue weighted by molar-refractivity contribution is 7.46. The maximum Gasteiger partial charge on any atom is 0.470 e. The molecule has 22 nitrogen and oxygen atoms in total. The summed E-state index contributed by atoms with van der Waals surface area (Å²) in [6, 6.07) is -3.26. The number of nitrogens with one attached hydrogen (secondary N) is 2. The van der Waals surface area contributed by atoms with Crippen molar-refractivity contribution in [2.45, 2.75) is 404 Å². The fourth-order valence-electron chi connectivity index (χ4n) is 12.5. The summed E-state index contributed by atoms with van der Waals surface area (Å²) in [6.07, 6.45) is 20.0. The van der Waals surface area contributed by atoms with Gasteiger partial charge in [-0.1, -0.05) is 267 Å². The zero-order chi connectivity index (χ0) is 70.5. The Labute approximate surface area is 574 Å². The lowest BCUT2D eigenvalue weighted by molar-refractivity contribution is -0.297. The van der Waals surface area contributed by atoms with Gasteiger partial charge in [0.1, 0.15) is 48.7 Å². The maximum atomic E-state index is 14.5. The van der Waals surface area contributed by atoms with E-state index in [0.717, 1.165) is 128 Å². The molecule has 0 bridgehead atoms. The molecule has 0 spiro atoms. The third kappa shape index (κ3) is 45.2. The number of nitrogens with zero attached hydrogens (tertiary/aromatic N) is 1. The van der Waals surface area contributed by atoms with Gasteiger partial charge in [-0.2, -0.15) is 0 Å². The molecule has 2 aliphatic rings. The van der Waals surface area contributed by atoms with Crippen LogP contribution in [-0.2, 0) is 52.0 Å². The van der Waals surface area contributed by atoms with Crippen LogP contribution in [0.1, 0.15) is 325 Å². The molecule has 0 radical (unpaired) electrons. The first-order chi connectivity index (χ1) is 45.7. The van der Waals surface area contributed by atoms with E-state index >= 15 is 0 Å². The van der Waals surface area contributed by atoms with Crippen molar-refractivity contribution in [3.05, 3.63) is 0 Å². The molecule has 0 saturated carbocycles. The first-order valence-electron chi connectivity index (χ1n) is 38.1. The van der Waals surface area contributed by atoms with Gasteiger partial charge in [0.15, 0.2) is 18.7 Å². The Bertz CT molecular complexity index is 1920. The second-order valence-corrected chi connectivity index (χ2v) is 28.1. The minimum Gasteiger partial charge on any atom is -0.462 e. The van der Waals surface area contributed by atoms with Crippen LogP contribution in [0.15, 0.2) is 0 Å². The van der Waals surface area contributed by atoms with E-state index in [1.807, 2.05) is 0 Å². The molecular weight excluding hydrogens is 1240 g/mol. The minimum absolute atomic E-state index is 0.152. The average Bonchev–Trinajstić information content (AvgIpc) is 0.788. The number of carbonyl (C=O) groups is 4. The van der Waals surface area contributed by atoms with E-state index in [-0.39, 0.29) is 19.3 Å². The number of hydrogen-bond acceptors (Lipinski definition) is 18. The molecule has 0 aromatic heterocycles. The van der Waals surface area contributed by atoms with Gasteiger partial charge in [0, 0.05) is 6.42 Å². The number of esters is 2. The molecule has 2 heterocycles. The van der Waals surface area contributed by atoms with Gasteiger partial charge < -0.3 is 79.6 Å². The summed E-state index contributed by atoms with van der Waals surface area (Å²) in [7, 11) is -5.49. The number of ether oxygens (including phenoxy) is 5. The van der Waals surface area contributed by atoms with Gasteiger partial charge in [0.25, 0.3) is 0 Å². The summed E-state index contributed by atoms with van der Waals surface area (Å²) in [5.74, 6) is -2.99. The zero-order valence-corrected chi connectivity index (χ0v) is 61.3. The highest BCUT2D eigenvalue weighted by Gasteiger charge is 2.53. The van der Waals surface area contributed by atoms with Crippen molar-refractivity contribution in [3.8, 4) is 0 Å². The third-order valence-corrected chi connectivity index (χ3v) is 18.9. The van der Waals surface area contributed by atoms with Gasteiger partial charge in [-0.3, -0.25) is 23.7 Å². The van der Waals surface area contributed by atoms with Crippen LogP contribution in [0.5, 0.6) is 0 Å². The van der Waals surface area contributed by atoms with E-state index in [9.17, 15) is 64.2 Å². The van der Waals surface area contributed by atoms with Gasteiger partial charge in [0.05, 0.1) is 44.7 Å². The summed E-state index contributed by atoms with van der Waals surface area (Å²) in [5, 5.41) is 71.3. The van der Waals surface area contributed by atoms with Crippen molar-refractivity contribution < 1.29 is 92.4 Å². The van der Waals surface area contributed by atoms with Crippen LogP contribution in [0.2, 0.25) is 0 Å². The van der Waals surface area contributed by atoms with Crippen LogP contribution in [-0.4, -0.2) is 182 Å². The summed E-state index contributed by atoms with van der Waals surface area (Å²) < 4.78 is 47.5. The summed E-state index contributed by atoms with van der Waals surface area (Å²) in [5.41, 5.74) is 0. The van der Waals surface area contributed by atoms with E-state index in [2.05, 4.69) is 64.0 Å². The van der Waals surface area contributed by atoms with Crippen LogP contribution >= 0.6 is 7.82 Å². The Kier molecular flexibility index (Phi) is 55.6. The Hall–Kier alpha value is -2.41. The second kappa shape index (κ2) is 58.3. The molecule has 562 valence electrons. The van der Waals surface area contributed by atoms with Crippen molar-refractivity contribution in [2.24, 2.45) is 0 Å². The molecule has 2 amide bonds. The number of phosphoric acid groups is 1. The molecule has 0 aromatic carbocycles. The van der Waals surface area contributed by atoms with E-state index in [1.165, 1.54) is 96.7 Å². The maximum absolute atomic E-state index is 14.5. The predicted octanol–water partition coefficient (Wildman–Crippen LogP) is 12.4. The topological polar surface area (TPSA) is 330 Å². The lowest BCUT2D eigenvalue weighted by atomic mass is 9.95. The molecule has 2 rings (SSSR count). The molecule has 2 fully saturated rings. The number of aliphatic hydroxyl groups excluding tert-OH is 6. The number of amides is 2. The zero-order valence-electron chi connectivity index (χ0n) is 60.4. The summed E-state index contributed by atoms with van der Waals surface area (Å²) in [6.45, 7) is 17.1. The van der Waals surface area contributed by atoms with Gasteiger partial charge in [0.2, 0.25) is 11.8 Å². The van der Waals surface area contributed by atoms with Gasteiger partial charge >= 0.3 is 19.8 Å². The lowest BCUT2D eigenvalue weighted by Crippen LogP contribution is -2.67. The fraction of sp³-hybridized carbons (Fsp3) is 0.944. The van der Waals surface area contributed by atoms with E-state index in [0.29, 0.717) is 38.5 Å². The normalized spacial score (nSPS) is 22.4. The van der Waals surface area contributed by atoms with E-state index < -0.39 is 137 Å². The molecule has 0 aromatic rings. The van der Waals surface area contributed by atoms with Gasteiger partial charge in [-0.25, -0.2) is 4.57 Å². The Morgan fingerprint density at radius 3 is 1.29 bits per heavy atom. The van der Waals surface area contributed by atoms with Crippen molar-refractivity contribution >= 4 is 31.6 Å². The Morgan fingerprint density at radius 2 is 0.874 bits per heavy atom. The van der Waals surface area contributed by atoms with Crippen molar-refractivity contribution in [1.82, 2.24) is 15.5 Å². The van der Waals surface area contributed by atoms with Crippen LogP contribution in [0.4, 0.5) is 0 Å². The largest absolute Gasteiger partial charge is 0.470 e. The molecule has 13 atom stereocenters. The average molecular weight is 1380 g/mol. The van der Waals surface area contributed by atoms with Gasteiger partial charge in [-0.15, -0.1) is 0 Å². The molecule has 0 unspecified atom stereocenters. The lowest BCUT2D eigenvalue weighted by Gasteiger charge is -2.46. The molecule has 2 saturated heterocycles. The Balaban J connectivity index is 0.00000607. The fourth-order valence-corrected chi connectivity index (χ4v) is 13.0. The summed E-state index contributed by atoms with van der Waals surface area (Å²) >= 11 is 0. The monoisotopic (exact) mass is 1380 g/mol. The number of aliphatic hydroxyl groups is 6. The predicted molar refractivity (Wildman–Crippen MR) is 372 cm³/mol. The number of rotatable bonds is 59. The number of hydrogen-bond donors (Lipinski definition) is 10. The highest BCUT2D eigenvalue weighted by atomic mass is 31.2. The van der Waals surface area contributed by atoms with Crippen molar-refractivity contribution in [2.75, 3.05) is 32.8 Å². The van der Waals surface area contributed by atoms with Crippen LogP contribution < -0.4 is 10.6 Å². The molecule has 23 heteroatoms. The third-order valence-electron chi connectivity index (χ3n) is 18.4. The van der Waals surface area contributed by atoms with Gasteiger partial charge in [-0.05, 0) is 51.7 Å². The number of phosphoric ester groups is 1. The quantitative estimate of drug-likeness (QED) is 0.0154. The first-order valence-corrected chi connectivity index (χ1v) is 39.6. The van der Waals surface area contributed by atoms with Crippen LogP contribution in [0.3, 0.4) is 0 Å². The molecule has 95 heavy (non-hydrogen) atoms. The number of carbonyl (C=O) groups excluding carboxylic acids is 4. The molecule has 10 N–H and O–H groups in total. The van der Waals surface area contributed by atoms with Crippen molar-refractivity contribution in [3.63, 3.8) is 0 Å². The van der Waals surface area contributed by atoms with Crippen LogP contribution in [0.25, 0.3) is 0 Å². The van der Waals surface area contributed by atoms with Crippen molar-refractivity contribution in [1.29, 1.82) is 0 Å². The smallest absolute Gasteiger partial charge is 0.462 e. The second-order valence-electron chi connectivity index (χ2n) is 26.9. The Morgan fingerprint density at radius 1 is 0.474 bits per heavy atom. The highest BCUT2D eigenvalue weighted by Crippen LogP contribution is 2.42. The SMILES string of the molecule is CCCCCCCCCCCC(=O)O[C@H](CCCCCCCCCCC)CC(=O)N[C@H]1[C@H](OC[C@H]2O[C@H](O)[C@H](NC(=O)C[C@H](O)CCCCCCCCCCC)[C@@H](O)[C@@H]2O)O[C@H](CO)[C@@H](OP(=O)(O)O)[C@@H]1OC(=O)C[C@H](O)CCCCCCCCCCC.CCN(CC)CC. The molecule has 2 aliphatic heterocycles. The van der Waals surface area contributed by atoms with E-state index in [4.69, 9.17) is 28.2 Å². The summed E-state index contributed by atoms with van der Waals surface area (Å²) in [4.78, 5) is 77.6. The standard InChI is InChI=1S/C66H125N2O19P.C6H15N/c1-5-9-13-17-21-25-29-33-37-41-50(70)45-55(72)67-59-62(77)61(76)54(84-65(59)78)49-82-66-60(64(63(53(48-69)85-66)87-88(79,80)81)86-58(75)46-51(71)42-38-34-30-26-22-18-14-10-6-2)68-56(73)47-52(43-39-35-31-27-23-19-15-11-7-3)83-57(74)44-40-36-32-28-24-20-16-12-8-4;1-4-7(5-2)6-3/h50-54,59-66,69-71,76-78H,5-49H2,1-4H3,(H,67,72)(H,68,73)(H2,79,80,81);4-6H2,1-3H3/t50-,51-,52-,53-,54-,59-,60-,61-,62-,63-,64-,65+,66-;/m1./s1. The minimum atomic E-state index is -5.49. The van der Waals surface area contributed by atoms with E-state index in [1.54, 1.807) is 0 Å². The van der Waals surface area contributed by atoms with Crippen LogP contribution in [0, 0.1) is 0 Å². The molecule has 0 aliphatic carbocycles. The first kappa shape index (κ1) is 90.6.